The van der Waals surface area contributed by atoms with Crippen molar-refractivity contribution in [3.05, 3.63) is 45.7 Å². The lowest BCUT2D eigenvalue weighted by molar-refractivity contribution is -0.169. The Kier molecular flexibility index (Phi) is 7.69. The van der Waals surface area contributed by atoms with Crippen LogP contribution in [0.2, 0.25) is 0 Å². The predicted molar refractivity (Wildman–Crippen MR) is 152 cm³/mol. The van der Waals surface area contributed by atoms with Gasteiger partial charge in [0.1, 0.15) is 22.8 Å². The highest BCUT2D eigenvalue weighted by molar-refractivity contribution is 6.24. The first-order valence-electron chi connectivity index (χ1n) is 14.1. The van der Waals surface area contributed by atoms with Crippen molar-refractivity contribution in [3.8, 4) is 5.75 Å². The number of ketones is 2. The van der Waals surface area contributed by atoms with Crippen molar-refractivity contribution < 1.29 is 39.9 Å². The summed E-state index contributed by atoms with van der Waals surface area (Å²) in [6.45, 7) is 9.99. The number of aromatic hydroxyl groups is 1. The molecular weight excluding hydrogens is 528 g/mol. The van der Waals surface area contributed by atoms with E-state index in [1.165, 1.54) is 19.0 Å². The highest BCUT2D eigenvalue weighted by Crippen LogP contribution is 2.57. The van der Waals surface area contributed by atoms with E-state index in [0.29, 0.717) is 17.0 Å². The highest BCUT2D eigenvalue weighted by Gasteiger charge is 2.68. The molecule has 3 aliphatic rings. The van der Waals surface area contributed by atoms with Gasteiger partial charge in [0.15, 0.2) is 11.4 Å². The molecule has 0 bridgehead atoms. The molecule has 1 fully saturated rings. The number of rotatable bonds is 7. The SMILES string of the molecule is CC(C)CCCC(C)(C)c1ccc2c(c1O)C(O)=C1C(=O)C3(O)C(O)=C(C(N)=O)C(=O)C(N(C)C)C3C(O)C1C2C. The number of nitrogens with zero attached hydrogens (tertiary/aromatic N) is 1. The maximum absolute atomic E-state index is 14.1. The van der Waals surface area contributed by atoms with Gasteiger partial charge in [0.05, 0.1) is 23.6 Å². The van der Waals surface area contributed by atoms with Crippen LogP contribution in [0.15, 0.2) is 29.0 Å². The molecule has 0 heterocycles. The molecule has 1 saturated carbocycles. The Bertz CT molecular complexity index is 1370. The third-order valence-corrected chi connectivity index (χ3v) is 9.44. The van der Waals surface area contributed by atoms with E-state index in [2.05, 4.69) is 13.8 Å². The van der Waals surface area contributed by atoms with Crippen molar-refractivity contribution >= 4 is 23.2 Å². The summed E-state index contributed by atoms with van der Waals surface area (Å²) in [7, 11) is 2.96. The van der Waals surface area contributed by atoms with E-state index >= 15 is 0 Å². The number of hydrogen-bond acceptors (Lipinski definition) is 9. The zero-order chi connectivity index (χ0) is 30.9. The standard InChI is InChI=1S/C31H42N2O8/c1-13(2)9-8-12-30(4,5)16-11-10-15-14(3)17-19(24(35)18(15)23(16)34)27(38)31(41)21(25(17)36)22(33(6)7)26(37)20(28(31)39)29(32)40/h10-11,13-14,17,21-22,25,34-36,39,41H,8-9,12H2,1-7H3,(H2,32,40). The van der Waals surface area contributed by atoms with Gasteiger partial charge in [-0.3, -0.25) is 19.3 Å². The quantitative estimate of drug-likeness (QED) is 0.268. The molecule has 3 aliphatic carbocycles. The average molecular weight is 571 g/mol. The molecule has 0 spiro atoms. The number of likely N-dealkylation sites (N-methyl/N-ethyl adjacent to an activating group) is 1. The van der Waals surface area contributed by atoms with Crippen molar-refractivity contribution in [2.24, 2.45) is 23.5 Å². The van der Waals surface area contributed by atoms with Crippen LogP contribution in [-0.2, 0) is 19.8 Å². The molecule has 1 amide bonds. The van der Waals surface area contributed by atoms with Gasteiger partial charge in [0, 0.05) is 17.1 Å². The minimum Gasteiger partial charge on any atom is -0.508 e. The molecule has 10 heteroatoms. The fourth-order valence-corrected chi connectivity index (χ4v) is 7.25. The topological polar surface area (TPSA) is 182 Å². The number of carbonyl (C=O) groups excluding carboxylic acids is 3. The summed E-state index contributed by atoms with van der Waals surface area (Å²) >= 11 is 0. The molecule has 224 valence electrons. The maximum atomic E-state index is 14.1. The van der Waals surface area contributed by atoms with Crippen LogP contribution in [0.25, 0.3) is 5.76 Å². The Morgan fingerprint density at radius 3 is 2.29 bits per heavy atom. The maximum Gasteiger partial charge on any atom is 0.255 e. The van der Waals surface area contributed by atoms with Crippen LogP contribution in [0.4, 0.5) is 0 Å². The number of aliphatic hydroxyl groups is 4. The second kappa shape index (κ2) is 10.3. The lowest BCUT2D eigenvalue weighted by atomic mass is 9.54. The van der Waals surface area contributed by atoms with E-state index in [4.69, 9.17) is 5.73 Å². The Morgan fingerprint density at radius 1 is 1.15 bits per heavy atom. The summed E-state index contributed by atoms with van der Waals surface area (Å²) in [4.78, 5) is 40.9. The molecule has 6 unspecified atom stereocenters. The number of hydrogen-bond donors (Lipinski definition) is 6. The molecule has 0 aliphatic heterocycles. The molecule has 7 N–H and O–H groups in total. The molecule has 0 saturated heterocycles. The molecule has 4 rings (SSSR count). The number of benzene rings is 1. The Labute approximate surface area is 240 Å². The van der Waals surface area contributed by atoms with Gasteiger partial charge in [-0.1, -0.05) is 59.6 Å². The number of Topliss-reactive ketones (excluding diaryl/α,β-unsaturated/α-hetero) is 2. The fourth-order valence-electron chi connectivity index (χ4n) is 7.25. The van der Waals surface area contributed by atoms with Gasteiger partial charge in [-0.05, 0) is 43.3 Å². The first kappa shape index (κ1) is 30.7. The van der Waals surface area contributed by atoms with E-state index in [9.17, 15) is 39.9 Å². The van der Waals surface area contributed by atoms with Crippen molar-refractivity contribution in [1.29, 1.82) is 0 Å². The van der Waals surface area contributed by atoms with E-state index in [-0.39, 0.29) is 16.9 Å². The summed E-state index contributed by atoms with van der Waals surface area (Å²) in [5.41, 5.74) is 1.75. The molecular formula is C31H42N2O8. The van der Waals surface area contributed by atoms with E-state index < -0.39 is 75.5 Å². The average Bonchev–Trinajstić information content (AvgIpc) is 2.85. The van der Waals surface area contributed by atoms with E-state index in [0.717, 1.165) is 19.3 Å². The van der Waals surface area contributed by atoms with Crippen molar-refractivity contribution in [1.82, 2.24) is 4.90 Å². The first-order chi connectivity index (χ1) is 18.9. The molecule has 1 aromatic carbocycles. The van der Waals surface area contributed by atoms with Gasteiger partial charge in [-0.15, -0.1) is 0 Å². The number of amides is 1. The third-order valence-electron chi connectivity index (χ3n) is 9.44. The first-order valence-corrected chi connectivity index (χ1v) is 14.1. The number of fused-ring (bicyclic) bond motifs is 3. The summed E-state index contributed by atoms with van der Waals surface area (Å²) in [5.74, 6) is -8.26. The van der Waals surface area contributed by atoms with Gasteiger partial charge in [-0.25, -0.2) is 0 Å². The Balaban J connectivity index is 1.94. The van der Waals surface area contributed by atoms with Crippen LogP contribution >= 0.6 is 0 Å². The van der Waals surface area contributed by atoms with Crippen LogP contribution in [0.1, 0.15) is 76.5 Å². The van der Waals surface area contributed by atoms with Gasteiger partial charge < -0.3 is 31.3 Å². The zero-order valence-electron chi connectivity index (χ0n) is 24.7. The minimum absolute atomic E-state index is 0.0235. The van der Waals surface area contributed by atoms with Gasteiger partial charge in [0.2, 0.25) is 5.78 Å². The minimum atomic E-state index is -2.92. The highest BCUT2D eigenvalue weighted by atomic mass is 16.4. The van der Waals surface area contributed by atoms with Crippen molar-refractivity contribution in [3.63, 3.8) is 0 Å². The number of carbonyl (C=O) groups is 3. The number of aliphatic hydroxyl groups excluding tert-OH is 3. The normalized spacial score (nSPS) is 30.1. The summed E-state index contributed by atoms with van der Waals surface area (Å²) in [5, 5.41) is 57.7. The zero-order valence-corrected chi connectivity index (χ0v) is 24.7. The largest absolute Gasteiger partial charge is 0.508 e. The van der Waals surface area contributed by atoms with Crippen LogP contribution in [0, 0.1) is 17.8 Å². The number of primary amides is 1. The predicted octanol–water partition coefficient (Wildman–Crippen LogP) is 2.60. The molecule has 0 aromatic heterocycles. The summed E-state index contributed by atoms with van der Waals surface area (Å²) in [6.07, 6.45) is 1.09. The number of phenolic OH excluding ortho intramolecular Hbond substituents is 1. The second-order valence-electron chi connectivity index (χ2n) is 13.1. The molecule has 10 nitrogen and oxygen atoms in total. The Hall–Kier alpha value is -3.21. The molecule has 1 aromatic rings. The smallest absolute Gasteiger partial charge is 0.255 e. The van der Waals surface area contributed by atoms with E-state index in [1.54, 1.807) is 19.1 Å². The van der Waals surface area contributed by atoms with Crippen molar-refractivity contribution in [2.75, 3.05) is 14.1 Å². The van der Waals surface area contributed by atoms with E-state index in [1.807, 2.05) is 13.8 Å². The Morgan fingerprint density at radius 2 is 1.76 bits per heavy atom. The number of phenols is 1. The van der Waals surface area contributed by atoms with Gasteiger partial charge >= 0.3 is 0 Å². The van der Waals surface area contributed by atoms with Crippen LogP contribution < -0.4 is 5.73 Å². The lowest BCUT2D eigenvalue weighted by Crippen LogP contribution is -2.70. The number of nitrogens with two attached hydrogens (primary N) is 1. The second-order valence-corrected chi connectivity index (χ2v) is 13.1. The summed E-state index contributed by atoms with van der Waals surface area (Å²) in [6, 6.07) is 2.19. The van der Waals surface area contributed by atoms with Crippen LogP contribution in [0.3, 0.4) is 0 Å². The van der Waals surface area contributed by atoms with Crippen LogP contribution in [-0.4, -0.2) is 79.7 Å². The third kappa shape index (κ3) is 4.38. The van der Waals surface area contributed by atoms with Crippen molar-refractivity contribution in [2.45, 2.75) is 83.0 Å². The fraction of sp³-hybridized carbons (Fsp3) is 0.581. The summed E-state index contributed by atoms with van der Waals surface area (Å²) < 4.78 is 0. The molecule has 6 atom stereocenters. The lowest BCUT2D eigenvalue weighted by Gasteiger charge is -2.53. The molecule has 0 radical (unpaired) electrons. The molecule has 41 heavy (non-hydrogen) atoms. The van der Waals surface area contributed by atoms with Gasteiger partial charge in [-0.2, -0.15) is 0 Å². The van der Waals surface area contributed by atoms with Crippen LogP contribution in [0.5, 0.6) is 5.75 Å². The van der Waals surface area contributed by atoms with Gasteiger partial charge in [0.25, 0.3) is 5.91 Å². The monoisotopic (exact) mass is 570 g/mol.